The number of hydrogen-bond acceptors (Lipinski definition) is 3. The van der Waals surface area contributed by atoms with E-state index in [-0.39, 0.29) is 11.6 Å². The van der Waals surface area contributed by atoms with Crippen LogP contribution in [-0.2, 0) is 16.9 Å². The maximum Gasteiger partial charge on any atom is 0.107 e. The van der Waals surface area contributed by atoms with E-state index in [1.165, 1.54) is 11.1 Å². The standard InChI is InChI=1S/C20H21N3O/c1-22-20(15-23-13-12-21-16-23,18-10-6-3-7-11-18)14-19(24-22)17-8-4-2-5-9-17/h2-13,16,19H,14-15H2,1H3/t19-,20-/m0/s1. The minimum absolute atomic E-state index is 0.0555. The van der Waals surface area contributed by atoms with Crippen LogP contribution in [0, 0.1) is 0 Å². The first-order valence-electron chi connectivity index (χ1n) is 8.25. The maximum absolute atomic E-state index is 6.27. The van der Waals surface area contributed by atoms with Crippen molar-refractivity contribution >= 4 is 0 Å². The van der Waals surface area contributed by atoms with Gasteiger partial charge in [-0.3, -0.25) is 4.84 Å². The van der Waals surface area contributed by atoms with E-state index < -0.39 is 0 Å². The number of nitrogens with zero attached hydrogens (tertiary/aromatic N) is 3. The van der Waals surface area contributed by atoms with Crippen molar-refractivity contribution in [1.29, 1.82) is 0 Å². The minimum Gasteiger partial charge on any atom is -0.335 e. The Kier molecular flexibility index (Phi) is 3.92. The Morgan fingerprint density at radius 2 is 1.79 bits per heavy atom. The number of likely N-dealkylation sites (N-methyl/N-ethyl adjacent to an activating group) is 1. The van der Waals surface area contributed by atoms with E-state index in [1.54, 1.807) is 0 Å². The predicted octanol–water partition coefficient (Wildman–Crippen LogP) is 3.79. The number of imidazole rings is 1. The van der Waals surface area contributed by atoms with Gasteiger partial charge in [0.1, 0.15) is 6.10 Å². The fourth-order valence-electron chi connectivity index (χ4n) is 3.60. The summed E-state index contributed by atoms with van der Waals surface area (Å²) in [5, 5.41) is 2.03. The van der Waals surface area contributed by atoms with E-state index >= 15 is 0 Å². The van der Waals surface area contributed by atoms with Crippen molar-refractivity contribution < 1.29 is 4.84 Å². The molecule has 0 saturated carbocycles. The van der Waals surface area contributed by atoms with Gasteiger partial charge >= 0.3 is 0 Å². The van der Waals surface area contributed by atoms with Crippen molar-refractivity contribution in [2.45, 2.75) is 24.6 Å². The maximum atomic E-state index is 6.27. The molecule has 122 valence electrons. The van der Waals surface area contributed by atoms with Gasteiger partial charge in [-0.05, 0) is 11.1 Å². The topological polar surface area (TPSA) is 30.3 Å². The molecule has 2 atom stereocenters. The van der Waals surface area contributed by atoms with E-state index in [0.29, 0.717) is 0 Å². The summed E-state index contributed by atoms with van der Waals surface area (Å²) in [5.41, 5.74) is 2.26. The molecule has 0 amide bonds. The van der Waals surface area contributed by atoms with Gasteiger partial charge < -0.3 is 4.57 Å². The van der Waals surface area contributed by atoms with Crippen LogP contribution in [0.5, 0.6) is 0 Å². The van der Waals surface area contributed by atoms with E-state index in [4.69, 9.17) is 4.84 Å². The SMILES string of the molecule is CN1O[C@H](c2ccccc2)C[C@]1(Cn1ccnc1)c1ccccc1. The van der Waals surface area contributed by atoms with Gasteiger partial charge in [-0.2, -0.15) is 5.06 Å². The van der Waals surface area contributed by atoms with E-state index in [1.807, 2.05) is 36.9 Å². The van der Waals surface area contributed by atoms with Crippen molar-refractivity contribution in [3.8, 4) is 0 Å². The molecule has 1 aliphatic heterocycles. The minimum atomic E-state index is -0.220. The highest BCUT2D eigenvalue weighted by molar-refractivity contribution is 5.28. The highest BCUT2D eigenvalue weighted by Gasteiger charge is 2.47. The summed E-state index contributed by atoms with van der Waals surface area (Å²) in [4.78, 5) is 10.5. The molecule has 0 N–H and O–H groups in total. The summed E-state index contributed by atoms with van der Waals surface area (Å²) >= 11 is 0. The molecular formula is C20H21N3O. The van der Waals surface area contributed by atoms with Crippen LogP contribution in [0.1, 0.15) is 23.7 Å². The number of hydrogen-bond donors (Lipinski definition) is 0. The second kappa shape index (κ2) is 6.23. The zero-order valence-corrected chi connectivity index (χ0v) is 13.7. The molecule has 0 spiro atoms. The third-order valence-electron chi connectivity index (χ3n) is 4.90. The lowest BCUT2D eigenvalue weighted by atomic mass is 9.83. The van der Waals surface area contributed by atoms with Crippen molar-refractivity contribution in [3.63, 3.8) is 0 Å². The molecule has 1 aliphatic rings. The molecule has 4 heteroatoms. The van der Waals surface area contributed by atoms with Gasteiger partial charge in [-0.25, -0.2) is 4.98 Å². The molecule has 0 bridgehead atoms. The van der Waals surface area contributed by atoms with E-state index in [2.05, 4.69) is 64.1 Å². The number of benzene rings is 2. The zero-order valence-electron chi connectivity index (χ0n) is 13.7. The highest BCUT2D eigenvalue weighted by Crippen LogP contribution is 2.46. The van der Waals surface area contributed by atoms with Crippen LogP contribution in [0.25, 0.3) is 0 Å². The van der Waals surface area contributed by atoms with E-state index in [9.17, 15) is 0 Å². The molecule has 1 saturated heterocycles. The third-order valence-corrected chi connectivity index (χ3v) is 4.90. The Morgan fingerprint density at radius 3 is 2.46 bits per heavy atom. The van der Waals surface area contributed by atoms with Crippen LogP contribution in [0.3, 0.4) is 0 Å². The van der Waals surface area contributed by atoms with Gasteiger partial charge in [-0.15, -0.1) is 0 Å². The van der Waals surface area contributed by atoms with Crippen LogP contribution in [0.4, 0.5) is 0 Å². The van der Waals surface area contributed by atoms with Crippen LogP contribution in [0.15, 0.2) is 79.4 Å². The van der Waals surface area contributed by atoms with Crippen molar-refractivity contribution in [2.24, 2.45) is 0 Å². The van der Waals surface area contributed by atoms with Gasteiger partial charge in [-0.1, -0.05) is 60.7 Å². The lowest BCUT2D eigenvalue weighted by molar-refractivity contribution is -0.176. The van der Waals surface area contributed by atoms with Gasteiger partial charge in [0.05, 0.1) is 11.9 Å². The molecule has 24 heavy (non-hydrogen) atoms. The predicted molar refractivity (Wildman–Crippen MR) is 93.0 cm³/mol. The number of hydroxylamine groups is 2. The fourth-order valence-corrected chi connectivity index (χ4v) is 3.60. The summed E-state index contributed by atoms with van der Waals surface area (Å²) in [6.07, 6.45) is 6.65. The lowest BCUT2D eigenvalue weighted by Gasteiger charge is -2.34. The zero-order chi connectivity index (χ0) is 16.4. The molecule has 3 aromatic rings. The summed E-state index contributed by atoms with van der Waals surface area (Å²) in [7, 11) is 2.03. The molecule has 4 nitrogen and oxygen atoms in total. The molecule has 1 fully saturated rings. The Labute approximate surface area is 142 Å². The second-order valence-electron chi connectivity index (χ2n) is 6.34. The van der Waals surface area contributed by atoms with Crippen molar-refractivity contribution in [3.05, 3.63) is 90.5 Å². The fraction of sp³-hybridized carbons (Fsp3) is 0.250. The Morgan fingerprint density at radius 1 is 1.08 bits per heavy atom. The molecule has 1 aromatic heterocycles. The Bertz CT molecular complexity index is 773. The van der Waals surface area contributed by atoms with Gasteiger partial charge in [0.15, 0.2) is 0 Å². The van der Waals surface area contributed by atoms with Gasteiger partial charge in [0.25, 0.3) is 0 Å². The van der Waals surface area contributed by atoms with Crippen molar-refractivity contribution in [2.75, 3.05) is 7.05 Å². The monoisotopic (exact) mass is 319 g/mol. The Balaban J connectivity index is 1.73. The second-order valence-corrected chi connectivity index (χ2v) is 6.34. The Hall–Kier alpha value is -2.43. The largest absolute Gasteiger partial charge is 0.335 e. The smallest absolute Gasteiger partial charge is 0.107 e. The molecular weight excluding hydrogens is 298 g/mol. The molecule has 0 unspecified atom stereocenters. The molecule has 0 aliphatic carbocycles. The van der Waals surface area contributed by atoms with Crippen LogP contribution in [0.2, 0.25) is 0 Å². The summed E-state index contributed by atoms with van der Waals surface area (Å²) in [5.74, 6) is 0. The van der Waals surface area contributed by atoms with Crippen LogP contribution >= 0.6 is 0 Å². The van der Waals surface area contributed by atoms with Gasteiger partial charge in [0, 0.05) is 32.4 Å². The van der Waals surface area contributed by atoms with E-state index in [0.717, 1.165) is 13.0 Å². The van der Waals surface area contributed by atoms with Crippen LogP contribution < -0.4 is 0 Å². The number of aromatic nitrogens is 2. The summed E-state index contributed by atoms with van der Waals surface area (Å²) < 4.78 is 2.13. The first kappa shape index (κ1) is 15.1. The average Bonchev–Trinajstić information content (AvgIpc) is 3.26. The van der Waals surface area contributed by atoms with Crippen molar-refractivity contribution in [1.82, 2.24) is 14.6 Å². The summed E-state index contributed by atoms with van der Waals surface area (Å²) in [6.45, 7) is 0.802. The summed E-state index contributed by atoms with van der Waals surface area (Å²) in [6, 6.07) is 21.1. The highest BCUT2D eigenvalue weighted by atomic mass is 16.7. The average molecular weight is 319 g/mol. The van der Waals surface area contributed by atoms with Gasteiger partial charge in [0.2, 0.25) is 0 Å². The molecule has 2 heterocycles. The first-order chi connectivity index (χ1) is 11.8. The quantitative estimate of drug-likeness (QED) is 0.733. The van der Waals surface area contributed by atoms with Crippen LogP contribution in [-0.4, -0.2) is 21.7 Å². The lowest BCUT2D eigenvalue weighted by Crippen LogP contribution is -2.41. The third kappa shape index (κ3) is 2.64. The molecule has 4 rings (SSSR count). The molecule has 2 aromatic carbocycles. The number of rotatable bonds is 4. The molecule has 0 radical (unpaired) electrons. The normalized spacial score (nSPS) is 24.3. The first-order valence-corrected chi connectivity index (χ1v) is 8.25.